The maximum atomic E-state index is 12.7. The van der Waals surface area contributed by atoms with Gasteiger partial charge in [0.15, 0.2) is 0 Å². The molecule has 30 heavy (non-hydrogen) atoms. The first-order valence-electron chi connectivity index (χ1n) is 10.1. The third-order valence-corrected chi connectivity index (χ3v) is 5.05. The molecule has 1 aliphatic rings. The van der Waals surface area contributed by atoms with Crippen molar-refractivity contribution in [3.05, 3.63) is 12.4 Å². The second-order valence-corrected chi connectivity index (χ2v) is 9.79. The Bertz CT molecular complexity index is 758. The van der Waals surface area contributed by atoms with E-state index >= 15 is 0 Å². The summed E-state index contributed by atoms with van der Waals surface area (Å²) in [5.41, 5.74) is -0.946. The van der Waals surface area contributed by atoms with Crippen LogP contribution in [0.25, 0.3) is 0 Å². The van der Waals surface area contributed by atoms with E-state index in [0.29, 0.717) is 5.46 Å². The van der Waals surface area contributed by atoms with Crippen molar-refractivity contribution in [1.29, 1.82) is 0 Å². The fraction of sp³-hybridized carbons (Fsp3) is 0.700. The largest absolute Gasteiger partial charge is 0.498 e. The third-order valence-electron chi connectivity index (χ3n) is 5.05. The number of rotatable bonds is 5. The summed E-state index contributed by atoms with van der Waals surface area (Å²) in [7, 11) is -0.586. The minimum atomic E-state index is -0.800. The van der Waals surface area contributed by atoms with Crippen LogP contribution < -0.4 is 16.1 Å². The van der Waals surface area contributed by atoms with Gasteiger partial charge in [-0.2, -0.15) is 0 Å². The highest BCUT2D eigenvalue weighted by molar-refractivity contribution is 6.61. The molecule has 0 aromatic carbocycles. The average molecular weight is 420 g/mol. The third kappa shape index (κ3) is 5.92. The summed E-state index contributed by atoms with van der Waals surface area (Å²) in [5, 5.41) is 5.23. The van der Waals surface area contributed by atoms with Gasteiger partial charge in [-0.05, 0) is 54.4 Å². The van der Waals surface area contributed by atoms with Crippen molar-refractivity contribution in [3.63, 3.8) is 0 Å². The molecule has 9 nitrogen and oxygen atoms in total. The molecule has 2 N–H and O–H groups in total. The Morgan fingerprint density at radius 2 is 1.57 bits per heavy atom. The first kappa shape index (κ1) is 24.1. The molecule has 0 aliphatic carbocycles. The van der Waals surface area contributed by atoms with Crippen molar-refractivity contribution in [2.45, 2.75) is 85.2 Å². The van der Waals surface area contributed by atoms with E-state index < -0.39 is 42.0 Å². The Morgan fingerprint density at radius 1 is 1.07 bits per heavy atom. The molecule has 166 valence electrons. The predicted octanol–water partition coefficient (Wildman–Crippen LogP) is 2.26. The molecule has 0 radical (unpaired) electrons. The van der Waals surface area contributed by atoms with E-state index in [1.807, 2.05) is 41.5 Å². The van der Waals surface area contributed by atoms with E-state index in [0.717, 1.165) is 0 Å². The Labute approximate surface area is 178 Å². The van der Waals surface area contributed by atoms with Gasteiger partial charge in [0, 0.05) is 17.9 Å². The minimum Gasteiger partial charge on any atom is -0.444 e. The molecule has 1 fully saturated rings. The Kier molecular flexibility index (Phi) is 6.83. The standard InChI is InChI=1S/C20H33BN4O5/c1-12(2)14(24-17(27)28-18(3,4)5)15(26)25-16-22-10-13(11-23-16)21-29-19(6,7)20(8,9)30-21/h10-12,14H,1-9H3,(H,24,27)(H,22,23,25,26)/t14-/m1/s1. The van der Waals surface area contributed by atoms with Gasteiger partial charge in [-0.15, -0.1) is 0 Å². The number of hydrogen-bond donors (Lipinski definition) is 2. The molecule has 2 heterocycles. The number of carbonyl (C=O) groups excluding carboxylic acids is 2. The maximum absolute atomic E-state index is 12.7. The van der Waals surface area contributed by atoms with Crippen LogP contribution in [-0.2, 0) is 18.8 Å². The molecule has 1 aliphatic heterocycles. The molecular formula is C20H33BN4O5. The molecule has 0 spiro atoms. The van der Waals surface area contributed by atoms with Gasteiger partial charge in [-0.1, -0.05) is 13.8 Å². The van der Waals surface area contributed by atoms with Gasteiger partial charge in [-0.25, -0.2) is 14.8 Å². The van der Waals surface area contributed by atoms with Gasteiger partial charge in [0.25, 0.3) is 0 Å². The number of anilines is 1. The van der Waals surface area contributed by atoms with Gasteiger partial charge in [-0.3, -0.25) is 10.1 Å². The Hall–Kier alpha value is -2.20. The molecule has 0 bridgehead atoms. The van der Waals surface area contributed by atoms with Crippen LogP contribution in [0.5, 0.6) is 0 Å². The number of amides is 2. The molecule has 0 saturated carbocycles. The summed E-state index contributed by atoms with van der Waals surface area (Å²) in [6.07, 6.45) is 2.45. The van der Waals surface area contributed by atoms with Crippen LogP contribution in [0, 0.1) is 5.92 Å². The van der Waals surface area contributed by atoms with Gasteiger partial charge in [0.05, 0.1) is 11.2 Å². The van der Waals surface area contributed by atoms with Crippen LogP contribution in [0.1, 0.15) is 62.3 Å². The van der Waals surface area contributed by atoms with Crippen molar-refractivity contribution in [2.24, 2.45) is 5.92 Å². The molecule has 1 aromatic heterocycles. The molecule has 1 saturated heterocycles. The molecule has 2 rings (SSSR count). The summed E-state index contributed by atoms with van der Waals surface area (Å²) in [6.45, 7) is 16.8. The number of nitrogens with one attached hydrogen (secondary N) is 2. The van der Waals surface area contributed by atoms with Crippen LogP contribution in [0.3, 0.4) is 0 Å². The lowest BCUT2D eigenvalue weighted by Crippen LogP contribution is -2.48. The van der Waals surface area contributed by atoms with Crippen molar-refractivity contribution in [1.82, 2.24) is 15.3 Å². The smallest absolute Gasteiger partial charge is 0.444 e. The Balaban J connectivity index is 2.03. The normalized spacial score (nSPS) is 18.8. The quantitative estimate of drug-likeness (QED) is 0.703. The fourth-order valence-electron chi connectivity index (χ4n) is 2.66. The fourth-order valence-corrected chi connectivity index (χ4v) is 2.66. The second-order valence-electron chi connectivity index (χ2n) is 9.79. The van der Waals surface area contributed by atoms with Gasteiger partial charge in [0.1, 0.15) is 11.6 Å². The molecule has 10 heteroatoms. The Morgan fingerprint density at radius 3 is 2.00 bits per heavy atom. The van der Waals surface area contributed by atoms with Gasteiger partial charge >= 0.3 is 13.2 Å². The maximum Gasteiger partial charge on any atom is 0.498 e. The summed E-state index contributed by atoms with van der Waals surface area (Å²) >= 11 is 0. The minimum absolute atomic E-state index is 0.122. The first-order valence-corrected chi connectivity index (χ1v) is 10.1. The van der Waals surface area contributed by atoms with E-state index in [2.05, 4.69) is 20.6 Å². The molecular weight excluding hydrogens is 387 g/mol. The highest BCUT2D eigenvalue weighted by atomic mass is 16.7. The van der Waals surface area contributed by atoms with E-state index in [9.17, 15) is 9.59 Å². The van der Waals surface area contributed by atoms with Crippen LogP contribution in [0.4, 0.5) is 10.7 Å². The zero-order chi connectivity index (χ0) is 22.9. The van der Waals surface area contributed by atoms with Crippen molar-refractivity contribution < 1.29 is 23.6 Å². The van der Waals surface area contributed by atoms with E-state index in [1.54, 1.807) is 33.2 Å². The lowest BCUT2D eigenvalue weighted by molar-refractivity contribution is -0.119. The van der Waals surface area contributed by atoms with Crippen LogP contribution >= 0.6 is 0 Å². The molecule has 2 amide bonds. The lowest BCUT2D eigenvalue weighted by Gasteiger charge is -2.32. The van der Waals surface area contributed by atoms with Crippen LogP contribution in [-0.4, -0.2) is 51.9 Å². The number of nitrogens with zero attached hydrogens (tertiary/aromatic N) is 2. The predicted molar refractivity (Wildman–Crippen MR) is 114 cm³/mol. The number of ether oxygens (including phenoxy) is 1. The van der Waals surface area contributed by atoms with Crippen LogP contribution in [0.15, 0.2) is 12.4 Å². The highest BCUT2D eigenvalue weighted by Gasteiger charge is 2.52. The number of alkyl carbamates (subject to hydrolysis) is 1. The first-order chi connectivity index (χ1) is 13.6. The van der Waals surface area contributed by atoms with E-state index in [1.165, 1.54) is 0 Å². The van der Waals surface area contributed by atoms with Crippen molar-refractivity contribution in [2.75, 3.05) is 5.32 Å². The van der Waals surface area contributed by atoms with Crippen molar-refractivity contribution >= 4 is 30.5 Å². The summed E-state index contributed by atoms with van der Waals surface area (Å²) in [5.74, 6) is -0.474. The SMILES string of the molecule is CC(C)[C@@H](NC(=O)OC(C)(C)C)C(=O)Nc1ncc(B2OC(C)(C)C(C)(C)O2)cn1. The second kappa shape index (κ2) is 8.51. The molecule has 0 unspecified atom stereocenters. The monoisotopic (exact) mass is 420 g/mol. The topological polar surface area (TPSA) is 112 Å². The number of carbonyl (C=O) groups is 2. The van der Waals surface area contributed by atoms with E-state index in [-0.39, 0.29) is 11.9 Å². The highest BCUT2D eigenvalue weighted by Crippen LogP contribution is 2.36. The van der Waals surface area contributed by atoms with Gasteiger partial charge < -0.3 is 19.4 Å². The number of hydrogen-bond acceptors (Lipinski definition) is 7. The number of aromatic nitrogens is 2. The van der Waals surface area contributed by atoms with Crippen molar-refractivity contribution in [3.8, 4) is 0 Å². The zero-order valence-corrected chi connectivity index (χ0v) is 19.3. The summed E-state index contributed by atoms with van der Waals surface area (Å²) < 4.78 is 17.2. The van der Waals surface area contributed by atoms with Gasteiger partial charge in [0.2, 0.25) is 11.9 Å². The van der Waals surface area contributed by atoms with E-state index in [4.69, 9.17) is 14.0 Å². The molecule has 1 atom stereocenters. The lowest BCUT2D eigenvalue weighted by atomic mass is 9.81. The van der Waals surface area contributed by atoms with Crippen LogP contribution in [0.2, 0.25) is 0 Å². The zero-order valence-electron chi connectivity index (χ0n) is 19.3. The summed E-state index contributed by atoms with van der Waals surface area (Å²) in [6, 6.07) is -0.800. The average Bonchev–Trinajstić information content (AvgIpc) is 2.79. The molecule has 1 aromatic rings. The summed E-state index contributed by atoms with van der Waals surface area (Å²) in [4.78, 5) is 33.1.